The van der Waals surface area contributed by atoms with Crippen molar-refractivity contribution in [1.29, 1.82) is 0 Å². The van der Waals surface area contributed by atoms with E-state index in [1.165, 1.54) is 0 Å². The van der Waals surface area contributed by atoms with Crippen LogP contribution in [0.4, 0.5) is 0 Å². The summed E-state index contributed by atoms with van der Waals surface area (Å²) in [5.74, 6) is 0. The zero-order valence-electron chi connectivity index (χ0n) is 9.39. The first-order chi connectivity index (χ1) is 8.38. The van der Waals surface area contributed by atoms with E-state index < -0.39 is 0 Å². The van der Waals surface area contributed by atoms with E-state index in [1.807, 2.05) is 24.3 Å². The van der Waals surface area contributed by atoms with Gasteiger partial charge < -0.3 is 10.2 Å². The molecule has 0 atom stereocenters. The summed E-state index contributed by atoms with van der Waals surface area (Å²) >= 11 is 0. The third kappa shape index (κ3) is 1.73. The Morgan fingerprint density at radius 3 is 2.76 bits per heavy atom. The van der Waals surface area contributed by atoms with Gasteiger partial charge in [-0.3, -0.25) is 0 Å². The standard InChI is InChI=1S/C15H13NO/c16-10-11-3-1-5-13(9-11)14-6-2-4-12-7-8-17-15(12)14/h1-9H,10,16H2. The van der Waals surface area contributed by atoms with E-state index in [1.54, 1.807) is 6.26 Å². The fourth-order valence-corrected chi connectivity index (χ4v) is 2.09. The zero-order chi connectivity index (χ0) is 11.7. The van der Waals surface area contributed by atoms with Gasteiger partial charge in [0, 0.05) is 17.5 Å². The SMILES string of the molecule is NCc1cccc(-c2cccc3ccoc23)c1. The Kier molecular flexibility index (Phi) is 2.42. The number of nitrogens with two attached hydrogens (primary N) is 1. The van der Waals surface area contributed by atoms with E-state index in [9.17, 15) is 0 Å². The van der Waals surface area contributed by atoms with Gasteiger partial charge in [0.1, 0.15) is 5.58 Å². The number of benzene rings is 2. The van der Waals surface area contributed by atoms with E-state index in [-0.39, 0.29) is 0 Å². The van der Waals surface area contributed by atoms with Gasteiger partial charge >= 0.3 is 0 Å². The second-order valence-corrected chi connectivity index (χ2v) is 4.05. The molecule has 2 nitrogen and oxygen atoms in total. The zero-order valence-corrected chi connectivity index (χ0v) is 9.39. The molecule has 0 aliphatic heterocycles. The number of fused-ring (bicyclic) bond motifs is 1. The van der Waals surface area contributed by atoms with Crippen molar-refractivity contribution < 1.29 is 4.42 Å². The van der Waals surface area contributed by atoms with Gasteiger partial charge in [-0.15, -0.1) is 0 Å². The molecule has 0 bridgehead atoms. The molecule has 0 saturated heterocycles. The number of furan rings is 1. The van der Waals surface area contributed by atoms with Crippen LogP contribution in [0.2, 0.25) is 0 Å². The van der Waals surface area contributed by atoms with Crippen molar-refractivity contribution in [2.75, 3.05) is 0 Å². The fourth-order valence-electron chi connectivity index (χ4n) is 2.09. The van der Waals surface area contributed by atoms with Crippen molar-refractivity contribution >= 4 is 11.0 Å². The fraction of sp³-hybridized carbons (Fsp3) is 0.0667. The van der Waals surface area contributed by atoms with Crippen molar-refractivity contribution in [3.63, 3.8) is 0 Å². The highest BCUT2D eigenvalue weighted by molar-refractivity contribution is 5.92. The van der Waals surface area contributed by atoms with Crippen LogP contribution in [-0.2, 0) is 6.54 Å². The quantitative estimate of drug-likeness (QED) is 0.721. The van der Waals surface area contributed by atoms with Crippen molar-refractivity contribution in [2.24, 2.45) is 5.73 Å². The molecular formula is C15H13NO. The maximum absolute atomic E-state index is 5.67. The normalized spacial score (nSPS) is 10.9. The molecule has 3 rings (SSSR count). The summed E-state index contributed by atoms with van der Waals surface area (Å²) in [6.07, 6.45) is 1.72. The number of para-hydroxylation sites is 1. The van der Waals surface area contributed by atoms with Gasteiger partial charge in [-0.2, -0.15) is 0 Å². The monoisotopic (exact) mass is 223 g/mol. The van der Waals surface area contributed by atoms with Crippen LogP contribution in [0, 0.1) is 0 Å². The Balaban J connectivity index is 2.23. The molecule has 0 unspecified atom stereocenters. The van der Waals surface area contributed by atoms with Gasteiger partial charge in [-0.1, -0.05) is 36.4 Å². The number of hydrogen-bond donors (Lipinski definition) is 1. The average molecular weight is 223 g/mol. The minimum absolute atomic E-state index is 0.558. The van der Waals surface area contributed by atoms with Crippen LogP contribution in [0.15, 0.2) is 59.2 Å². The Hall–Kier alpha value is -2.06. The molecule has 0 saturated carbocycles. The van der Waals surface area contributed by atoms with Crippen LogP contribution >= 0.6 is 0 Å². The molecular weight excluding hydrogens is 210 g/mol. The third-order valence-corrected chi connectivity index (χ3v) is 2.95. The van der Waals surface area contributed by atoms with Crippen LogP contribution in [0.25, 0.3) is 22.1 Å². The van der Waals surface area contributed by atoms with E-state index >= 15 is 0 Å². The Bertz CT molecular complexity index is 655. The lowest BCUT2D eigenvalue weighted by Gasteiger charge is -2.04. The van der Waals surface area contributed by atoms with E-state index in [2.05, 4.69) is 24.3 Å². The molecule has 0 spiro atoms. The highest BCUT2D eigenvalue weighted by Crippen LogP contribution is 2.29. The van der Waals surface area contributed by atoms with Crippen LogP contribution in [0.3, 0.4) is 0 Å². The Morgan fingerprint density at radius 1 is 1.00 bits per heavy atom. The van der Waals surface area contributed by atoms with Crippen molar-refractivity contribution in [2.45, 2.75) is 6.54 Å². The molecule has 0 aliphatic rings. The third-order valence-electron chi connectivity index (χ3n) is 2.95. The summed E-state index contributed by atoms with van der Waals surface area (Å²) in [5.41, 5.74) is 9.99. The Morgan fingerprint density at radius 2 is 1.88 bits per heavy atom. The molecule has 17 heavy (non-hydrogen) atoms. The van der Waals surface area contributed by atoms with Gasteiger partial charge in [-0.05, 0) is 23.3 Å². The van der Waals surface area contributed by atoms with Gasteiger partial charge in [0.25, 0.3) is 0 Å². The van der Waals surface area contributed by atoms with E-state index in [0.29, 0.717) is 6.54 Å². The molecule has 84 valence electrons. The summed E-state index contributed by atoms with van der Waals surface area (Å²) < 4.78 is 5.55. The summed E-state index contributed by atoms with van der Waals surface area (Å²) in [6, 6.07) is 16.4. The molecule has 0 aliphatic carbocycles. The second-order valence-electron chi connectivity index (χ2n) is 4.05. The first-order valence-electron chi connectivity index (χ1n) is 5.64. The molecule has 0 fully saturated rings. The summed E-state index contributed by atoms with van der Waals surface area (Å²) in [6.45, 7) is 0.558. The highest BCUT2D eigenvalue weighted by Gasteiger charge is 2.06. The van der Waals surface area contributed by atoms with Crippen LogP contribution in [0.1, 0.15) is 5.56 Å². The van der Waals surface area contributed by atoms with Crippen LogP contribution in [-0.4, -0.2) is 0 Å². The van der Waals surface area contributed by atoms with Crippen molar-refractivity contribution in [1.82, 2.24) is 0 Å². The van der Waals surface area contributed by atoms with Crippen LogP contribution < -0.4 is 5.73 Å². The van der Waals surface area contributed by atoms with Gasteiger partial charge in [0.05, 0.1) is 6.26 Å². The minimum Gasteiger partial charge on any atom is -0.464 e. The van der Waals surface area contributed by atoms with Crippen molar-refractivity contribution in [3.8, 4) is 11.1 Å². The number of hydrogen-bond acceptors (Lipinski definition) is 2. The average Bonchev–Trinajstić information content (AvgIpc) is 2.87. The highest BCUT2D eigenvalue weighted by atomic mass is 16.3. The number of rotatable bonds is 2. The maximum atomic E-state index is 5.67. The van der Waals surface area contributed by atoms with Crippen molar-refractivity contribution in [3.05, 3.63) is 60.4 Å². The molecule has 0 radical (unpaired) electrons. The molecule has 2 heteroatoms. The topological polar surface area (TPSA) is 39.2 Å². The first kappa shape index (κ1) is 10.1. The van der Waals surface area contributed by atoms with E-state index in [0.717, 1.165) is 27.7 Å². The molecule has 0 amide bonds. The molecule has 1 heterocycles. The van der Waals surface area contributed by atoms with Gasteiger partial charge in [0.15, 0.2) is 0 Å². The predicted molar refractivity (Wildman–Crippen MR) is 69.5 cm³/mol. The molecule has 2 N–H and O–H groups in total. The van der Waals surface area contributed by atoms with Gasteiger partial charge in [-0.25, -0.2) is 0 Å². The predicted octanol–water partition coefficient (Wildman–Crippen LogP) is 3.56. The lowest BCUT2D eigenvalue weighted by molar-refractivity contribution is 0.617. The summed E-state index contributed by atoms with van der Waals surface area (Å²) in [7, 11) is 0. The molecule has 3 aromatic rings. The maximum Gasteiger partial charge on any atom is 0.141 e. The minimum atomic E-state index is 0.558. The summed E-state index contributed by atoms with van der Waals surface area (Å²) in [5, 5.41) is 1.13. The summed E-state index contributed by atoms with van der Waals surface area (Å²) in [4.78, 5) is 0. The smallest absolute Gasteiger partial charge is 0.141 e. The largest absolute Gasteiger partial charge is 0.464 e. The lowest BCUT2D eigenvalue weighted by Crippen LogP contribution is -1.95. The van der Waals surface area contributed by atoms with Crippen LogP contribution in [0.5, 0.6) is 0 Å². The Labute approximate surface area is 99.7 Å². The lowest BCUT2D eigenvalue weighted by atomic mass is 10.0. The molecule has 1 aromatic heterocycles. The van der Waals surface area contributed by atoms with Gasteiger partial charge in [0.2, 0.25) is 0 Å². The second kappa shape index (κ2) is 4.07. The molecule has 2 aromatic carbocycles. The first-order valence-corrected chi connectivity index (χ1v) is 5.64. The van der Waals surface area contributed by atoms with E-state index in [4.69, 9.17) is 10.2 Å².